The Balaban J connectivity index is 1.52. The average Bonchev–Trinajstić information content (AvgIpc) is 3.35. The fourth-order valence-electron chi connectivity index (χ4n) is 3.60. The maximum absolute atomic E-state index is 13.1. The molecule has 152 valence electrons. The first-order valence-electron chi connectivity index (χ1n) is 9.75. The summed E-state index contributed by atoms with van der Waals surface area (Å²) in [6.07, 6.45) is 3.52. The van der Waals surface area contributed by atoms with Crippen molar-refractivity contribution in [1.82, 2.24) is 14.3 Å². The van der Waals surface area contributed by atoms with E-state index in [2.05, 4.69) is 10.3 Å². The predicted molar refractivity (Wildman–Crippen MR) is 111 cm³/mol. The molecule has 4 heterocycles. The molecule has 0 atom stereocenters. The van der Waals surface area contributed by atoms with Crippen LogP contribution in [0.4, 0.5) is 5.69 Å². The molecule has 1 fully saturated rings. The molecule has 30 heavy (non-hydrogen) atoms. The Kier molecular flexibility index (Phi) is 4.48. The summed E-state index contributed by atoms with van der Waals surface area (Å²) >= 11 is 0. The average molecular weight is 404 g/mol. The number of furan rings is 1. The van der Waals surface area contributed by atoms with Gasteiger partial charge in [0, 0.05) is 30.9 Å². The molecular formula is C22H20N4O4. The Hall–Kier alpha value is -3.65. The number of fused-ring (bicyclic) bond motifs is 2. The Bertz CT molecular complexity index is 1270. The Labute approximate surface area is 172 Å². The number of benzene rings is 1. The number of hydrogen-bond acceptors (Lipinski definition) is 5. The van der Waals surface area contributed by atoms with Crippen LogP contribution in [0.3, 0.4) is 0 Å². The topological polar surface area (TPSA) is 89.1 Å². The Morgan fingerprint density at radius 3 is 2.77 bits per heavy atom. The number of rotatable bonds is 3. The van der Waals surface area contributed by atoms with Gasteiger partial charge in [0.25, 0.3) is 11.8 Å². The summed E-state index contributed by atoms with van der Waals surface area (Å²) < 4.78 is 13.0. The van der Waals surface area contributed by atoms with E-state index in [9.17, 15) is 9.59 Å². The standard InChI is InChI=1S/C22H20N4O4/c1-14-6-7-26-13-16(23-18(26)12-14)21(27)24-19-15-4-2-3-5-17(15)30-20(19)22(28)25-8-10-29-11-9-25/h2-7,12-13H,8-11H2,1H3,(H,24,27). The number of carbonyl (C=O) groups excluding carboxylic acids is 2. The highest BCUT2D eigenvalue weighted by molar-refractivity contribution is 6.14. The van der Waals surface area contributed by atoms with Crippen LogP contribution in [0, 0.1) is 6.92 Å². The molecule has 0 saturated carbocycles. The third kappa shape index (κ3) is 3.21. The van der Waals surface area contributed by atoms with E-state index in [0.717, 1.165) is 5.56 Å². The second-order valence-electron chi connectivity index (χ2n) is 7.26. The minimum absolute atomic E-state index is 0.117. The number of aryl methyl sites for hydroxylation is 1. The first-order chi connectivity index (χ1) is 14.6. The molecule has 3 aromatic heterocycles. The molecular weight excluding hydrogens is 384 g/mol. The lowest BCUT2D eigenvalue weighted by molar-refractivity contribution is 0.0285. The van der Waals surface area contributed by atoms with Crippen LogP contribution in [0.5, 0.6) is 0 Å². The molecule has 8 nitrogen and oxygen atoms in total. The van der Waals surface area contributed by atoms with Gasteiger partial charge in [0.15, 0.2) is 0 Å². The van der Waals surface area contributed by atoms with Crippen LogP contribution in [-0.2, 0) is 4.74 Å². The van der Waals surface area contributed by atoms with Crippen LogP contribution in [0.15, 0.2) is 53.2 Å². The van der Waals surface area contributed by atoms with E-state index < -0.39 is 5.91 Å². The Morgan fingerprint density at radius 1 is 1.13 bits per heavy atom. The molecule has 1 N–H and O–H groups in total. The lowest BCUT2D eigenvalue weighted by Crippen LogP contribution is -2.40. The van der Waals surface area contributed by atoms with Gasteiger partial charge in [0.2, 0.25) is 5.76 Å². The number of anilines is 1. The summed E-state index contributed by atoms with van der Waals surface area (Å²) in [5.41, 5.74) is 2.90. The monoisotopic (exact) mass is 404 g/mol. The van der Waals surface area contributed by atoms with Gasteiger partial charge in [-0.15, -0.1) is 0 Å². The van der Waals surface area contributed by atoms with E-state index in [1.807, 2.05) is 43.5 Å². The fourth-order valence-corrected chi connectivity index (χ4v) is 3.60. The molecule has 1 saturated heterocycles. The molecule has 4 aromatic rings. The number of carbonyl (C=O) groups is 2. The van der Waals surface area contributed by atoms with Crippen molar-refractivity contribution >= 4 is 34.1 Å². The summed E-state index contributed by atoms with van der Waals surface area (Å²) in [6.45, 7) is 3.89. The van der Waals surface area contributed by atoms with E-state index in [4.69, 9.17) is 9.15 Å². The van der Waals surface area contributed by atoms with Gasteiger partial charge >= 0.3 is 0 Å². The maximum atomic E-state index is 13.1. The number of ether oxygens (including phenoxy) is 1. The highest BCUT2D eigenvalue weighted by Crippen LogP contribution is 2.32. The molecule has 5 rings (SSSR count). The van der Waals surface area contributed by atoms with Gasteiger partial charge in [-0.05, 0) is 36.8 Å². The SMILES string of the molecule is Cc1ccn2cc(C(=O)Nc3c(C(=O)N4CCOCC4)oc4ccccc34)nc2c1. The summed E-state index contributed by atoms with van der Waals surface area (Å²) in [6, 6.07) is 11.1. The van der Waals surface area contributed by atoms with Crippen LogP contribution in [0.25, 0.3) is 16.6 Å². The summed E-state index contributed by atoms with van der Waals surface area (Å²) in [4.78, 5) is 32.2. The van der Waals surface area contributed by atoms with Crippen molar-refractivity contribution in [2.45, 2.75) is 6.92 Å². The number of nitrogens with zero attached hydrogens (tertiary/aromatic N) is 3. The van der Waals surface area contributed by atoms with E-state index in [1.165, 1.54) is 0 Å². The van der Waals surface area contributed by atoms with Crippen molar-refractivity contribution in [3.8, 4) is 0 Å². The first-order valence-corrected chi connectivity index (χ1v) is 9.75. The first kappa shape index (κ1) is 18.4. The van der Waals surface area contributed by atoms with Crippen LogP contribution in [0.2, 0.25) is 0 Å². The van der Waals surface area contributed by atoms with E-state index in [-0.39, 0.29) is 17.4 Å². The smallest absolute Gasteiger partial charge is 0.291 e. The molecule has 0 bridgehead atoms. The van der Waals surface area contributed by atoms with E-state index >= 15 is 0 Å². The van der Waals surface area contributed by atoms with Crippen molar-refractivity contribution in [3.63, 3.8) is 0 Å². The van der Waals surface area contributed by atoms with E-state index in [1.54, 1.807) is 21.6 Å². The lowest BCUT2D eigenvalue weighted by atomic mass is 10.2. The quantitative estimate of drug-likeness (QED) is 0.567. The van der Waals surface area contributed by atoms with E-state index in [0.29, 0.717) is 48.6 Å². The lowest BCUT2D eigenvalue weighted by Gasteiger charge is -2.26. The number of aromatic nitrogens is 2. The minimum atomic E-state index is -0.404. The zero-order chi connectivity index (χ0) is 20.7. The van der Waals surface area contributed by atoms with Crippen molar-refractivity contribution in [1.29, 1.82) is 0 Å². The van der Waals surface area contributed by atoms with Gasteiger partial charge in [-0.1, -0.05) is 12.1 Å². The zero-order valence-corrected chi connectivity index (χ0v) is 16.4. The number of hydrogen-bond donors (Lipinski definition) is 1. The number of amides is 2. The molecule has 1 aliphatic heterocycles. The zero-order valence-electron chi connectivity index (χ0n) is 16.4. The summed E-state index contributed by atoms with van der Waals surface area (Å²) in [5, 5.41) is 3.53. The minimum Gasteiger partial charge on any atom is -0.449 e. The van der Waals surface area contributed by atoms with Gasteiger partial charge in [-0.3, -0.25) is 9.59 Å². The number of imidazole rings is 1. The summed E-state index contributed by atoms with van der Waals surface area (Å²) in [5.74, 6) is -0.555. The number of pyridine rings is 1. The molecule has 0 radical (unpaired) electrons. The third-order valence-corrected chi connectivity index (χ3v) is 5.17. The molecule has 0 unspecified atom stereocenters. The molecule has 2 amide bonds. The van der Waals surface area contributed by atoms with Gasteiger partial charge in [-0.2, -0.15) is 0 Å². The highest BCUT2D eigenvalue weighted by Gasteiger charge is 2.28. The van der Waals surface area contributed by atoms with Crippen LogP contribution in [0.1, 0.15) is 26.6 Å². The predicted octanol–water partition coefficient (Wildman–Crippen LogP) is 3.11. The molecule has 8 heteroatoms. The van der Waals surface area contributed by atoms with Gasteiger partial charge < -0.3 is 23.8 Å². The van der Waals surface area contributed by atoms with Crippen LogP contribution < -0.4 is 5.32 Å². The van der Waals surface area contributed by atoms with Gasteiger partial charge in [-0.25, -0.2) is 4.98 Å². The van der Waals surface area contributed by atoms with Crippen molar-refractivity contribution in [2.75, 3.05) is 31.6 Å². The van der Waals surface area contributed by atoms with Gasteiger partial charge in [0.1, 0.15) is 22.6 Å². The summed E-state index contributed by atoms with van der Waals surface area (Å²) in [7, 11) is 0. The van der Waals surface area contributed by atoms with Gasteiger partial charge in [0.05, 0.1) is 13.2 Å². The van der Waals surface area contributed by atoms with Crippen molar-refractivity contribution in [3.05, 3.63) is 65.8 Å². The number of nitrogens with one attached hydrogen (secondary N) is 1. The van der Waals surface area contributed by atoms with Crippen molar-refractivity contribution < 1.29 is 18.7 Å². The molecule has 1 aliphatic rings. The molecule has 0 aliphatic carbocycles. The van der Waals surface area contributed by atoms with Crippen LogP contribution in [-0.4, -0.2) is 52.4 Å². The second kappa shape index (κ2) is 7.31. The Morgan fingerprint density at radius 2 is 1.93 bits per heavy atom. The number of morpholine rings is 1. The molecule has 0 spiro atoms. The van der Waals surface area contributed by atoms with Crippen LogP contribution >= 0.6 is 0 Å². The van der Waals surface area contributed by atoms with Crippen molar-refractivity contribution in [2.24, 2.45) is 0 Å². The maximum Gasteiger partial charge on any atom is 0.291 e. The third-order valence-electron chi connectivity index (χ3n) is 5.17. The fraction of sp³-hybridized carbons (Fsp3) is 0.227. The second-order valence-corrected chi connectivity index (χ2v) is 7.26. The largest absolute Gasteiger partial charge is 0.449 e. The normalized spacial score (nSPS) is 14.4. The molecule has 1 aromatic carbocycles. The highest BCUT2D eigenvalue weighted by atomic mass is 16.5. The number of para-hydroxylation sites is 1.